The van der Waals surface area contributed by atoms with Crippen LogP contribution in [0.1, 0.15) is 20.8 Å². The molecule has 0 rings (SSSR count). The first-order valence-electron chi connectivity index (χ1n) is 3.54. The minimum Gasteiger partial charge on any atom is -0.335 e. The SMILES string of the molecule is CC(C)(C)C(=O)S/C=C/NC=O. The summed E-state index contributed by atoms with van der Waals surface area (Å²) in [4.78, 5) is 21.0. The molecule has 68 valence electrons. The highest BCUT2D eigenvalue weighted by Crippen LogP contribution is 2.22. The molecule has 4 heteroatoms. The molecule has 0 saturated carbocycles. The Labute approximate surface area is 76.6 Å². The van der Waals surface area contributed by atoms with Crippen LogP contribution in [0.3, 0.4) is 0 Å². The van der Waals surface area contributed by atoms with E-state index in [0.29, 0.717) is 6.41 Å². The van der Waals surface area contributed by atoms with Gasteiger partial charge in [0.2, 0.25) is 6.41 Å². The van der Waals surface area contributed by atoms with Gasteiger partial charge in [0, 0.05) is 11.6 Å². The molecule has 0 aromatic rings. The zero-order chi connectivity index (χ0) is 9.61. The fourth-order valence-corrected chi connectivity index (χ4v) is 0.975. The fourth-order valence-electron chi connectivity index (χ4n) is 0.351. The summed E-state index contributed by atoms with van der Waals surface area (Å²) in [5.41, 5.74) is -0.337. The predicted molar refractivity (Wildman–Crippen MR) is 50.4 cm³/mol. The first kappa shape index (κ1) is 11.2. The first-order valence-corrected chi connectivity index (χ1v) is 4.42. The molecule has 0 aliphatic rings. The maximum atomic E-state index is 11.2. The van der Waals surface area contributed by atoms with Crippen LogP contribution in [0.4, 0.5) is 0 Å². The van der Waals surface area contributed by atoms with Crippen LogP contribution in [0.25, 0.3) is 0 Å². The van der Waals surface area contributed by atoms with Crippen molar-refractivity contribution in [2.24, 2.45) is 5.41 Å². The van der Waals surface area contributed by atoms with Gasteiger partial charge in [-0.25, -0.2) is 0 Å². The van der Waals surface area contributed by atoms with Crippen LogP contribution in [0, 0.1) is 5.41 Å². The van der Waals surface area contributed by atoms with Gasteiger partial charge in [-0.05, 0) is 5.41 Å². The highest BCUT2D eigenvalue weighted by Gasteiger charge is 2.20. The quantitative estimate of drug-likeness (QED) is 0.681. The Bertz CT molecular complexity index is 194. The molecule has 0 aromatic heterocycles. The largest absolute Gasteiger partial charge is 0.335 e. The summed E-state index contributed by atoms with van der Waals surface area (Å²) in [7, 11) is 0. The van der Waals surface area contributed by atoms with Gasteiger partial charge in [-0.3, -0.25) is 9.59 Å². The van der Waals surface area contributed by atoms with Crippen molar-refractivity contribution < 1.29 is 9.59 Å². The Balaban J connectivity index is 3.79. The minimum atomic E-state index is -0.337. The zero-order valence-electron chi connectivity index (χ0n) is 7.46. The number of nitrogens with one attached hydrogen (secondary N) is 1. The van der Waals surface area contributed by atoms with Gasteiger partial charge < -0.3 is 5.32 Å². The normalized spacial score (nSPS) is 11.6. The Hall–Kier alpha value is -0.770. The number of thioether (sulfide) groups is 1. The number of hydrogen-bond donors (Lipinski definition) is 1. The second kappa shape index (κ2) is 4.98. The van der Waals surface area contributed by atoms with Gasteiger partial charge in [-0.2, -0.15) is 0 Å². The molecule has 12 heavy (non-hydrogen) atoms. The van der Waals surface area contributed by atoms with E-state index in [4.69, 9.17) is 0 Å². The van der Waals surface area contributed by atoms with E-state index in [9.17, 15) is 9.59 Å². The summed E-state index contributed by atoms with van der Waals surface area (Å²) in [5, 5.41) is 3.95. The van der Waals surface area contributed by atoms with Crippen LogP contribution >= 0.6 is 11.8 Å². The van der Waals surface area contributed by atoms with Crippen LogP contribution in [0.5, 0.6) is 0 Å². The summed E-state index contributed by atoms with van der Waals surface area (Å²) in [6.07, 6.45) is 1.99. The number of amides is 1. The average Bonchev–Trinajstić information content (AvgIpc) is 1.96. The van der Waals surface area contributed by atoms with Crippen LogP contribution in [0.15, 0.2) is 11.6 Å². The first-order chi connectivity index (χ1) is 5.48. The molecule has 0 saturated heterocycles. The van der Waals surface area contributed by atoms with Gasteiger partial charge in [0.15, 0.2) is 5.12 Å². The topological polar surface area (TPSA) is 46.2 Å². The summed E-state index contributed by atoms with van der Waals surface area (Å²) < 4.78 is 0. The lowest BCUT2D eigenvalue weighted by Gasteiger charge is -2.13. The van der Waals surface area contributed by atoms with Crippen molar-refractivity contribution in [1.29, 1.82) is 0 Å². The molecule has 0 radical (unpaired) electrons. The fraction of sp³-hybridized carbons (Fsp3) is 0.500. The lowest BCUT2D eigenvalue weighted by molar-refractivity contribution is -0.117. The van der Waals surface area contributed by atoms with Crippen molar-refractivity contribution in [2.75, 3.05) is 0 Å². The maximum absolute atomic E-state index is 11.2. The van der Waals surface area contributed by atoms with Crippen molar-refractivity contribution in [3.63, 3.8) is 0 Å². The van der Waals surface area contributed by atoms with Crippen molar-refractivity contribution in [1.82, 2.24) is 5.32 Å². The Morgan fingerprint density at radius 2 is 2.00 bits per heavy atom. The van der Waals surface area contributed by atoms with Gasteiger partial charge in [0.1, 0.15) is 0 Å². The van der Waals surface area contributed by atoms with E-state index in [1.807, 2.05) is 20.8 Å². The molecule has 0 atom stereocenters. The van der Waals surface area contributed by atoms with E-state index in [2.05, 4.69) is 5.32 Å². The van der Waals surface area contributed by atoms with Gasteiger partial charge in [-0.1, -0.05) is 32.5 Å². The smallest absolute Gasteiger partial charge is 0.211 e. The third kappa shape index (κ3) is 4.96. The van der Waals surface area contributed by atoms with E-state index in [-0.39, 0.29) is 10.5 Å². The van der Waals surface area contributed by atoms with E-state index in [1.54, 1.807) is 5.41 Å². The summed E-state index contributed by atoms with van der Waals surface area (Å²) in [6, 6.07) is 0. The monoisotopic (exact) mass is 187 g/mol. The van der Waals surface area contributed by atoms with Gasteiger partial charge in [0.25, 0.3) is 0 Å². The highest BCUT2D eigenvalue weighted by atomic mass is 32.2. The molecule has 1 amide bonds. The number of carbonyl (C=O) groups excluding carboxylic acids is 2. The maximum Gasteiger partial charge on any atom is 0.211 e. The van der Waals surface area contributed by atoms with Gasteiger partial charge in [-0.15, -0.1) is 0 Å². The average molecular weight is 187 g/mol. The summed E-state index contributed by atoms with van der Waals surface area (Å²) in [5.74, 6) is 0. The summed E-state index contributed by atoms with van der Waals surface area (Å²) in [6.45, 7) is 5.55. The van der Waals surface area contributed by atoms with Crippen LogP contribution in [0.2, 0.25) is 0 Å². The number of rotatable bonds is 3. The molecule has 0 heterocycles. The molecule has 1 N–H and O–H groups in total. The van der Waals surface area contributed by atoms with E-state index >= 15 is 0 Å². The Kier molecular flexibility index (Phi) is 4.66. The third-order valence-electron chi connectivity index (χ3n) is 1.02. The van der Waals surface area contributed by atoms with E-state index in [0.717, 1.165) is 11.8 Å². The predicted octanol–water partition coefficient (Wildman–Crippen LogP) is 1.51. The van der Waals surface area contributed by atoms with Gasteiger partial charge >= 0.3 is 0 Å². The van der Waals surface area contributed by atoms with Crippen molar-refractivity contribution in [3.8, 4) is 0 Å². The molecule has 0 spiro atoms. The highest BCUT2D eigenvalue weighted by molar-refractivity contribution is 8.16. The Morgan fingerprint density at radius 1 is 1.42 bits per heavy atom. The lowest BCUT2D eigenvalue weighted by Crippen LogP contribution is -2.15. The molecule has 0 fully saturated rings. The molecule has 3 nitrogen and oxygen atoms in total. The van der Waals surface area contributed by atoms with E-state index in [1.165, 1.54) is 6.20 Å². The second-order valence-electron chi connectivity index (χ2n) is 3.24. The number of carbonyl (C=O) groups is 2. The van der Waals surface area contributed by atoms with Crippen molar-refractivity contribution in [3.05, 3.63) is 11.6 Å². The van der Waals surface area contributed by atoms with Crippen LogP contribution < -0.4 is 5.32 Å². The zero-order valence-corrected chi connectivity index (χ0v) is 8.27. The molecular weight excluding hydrogens is 174 g/mol. The molecule has 0 unspecified atom stereocenters. The Morgan fingerprint density at radius 3 is 2.42 bits per heavy atom. The summed E-state index contributed by atoms with van der Waals surface area (Å²) >= 11 is 1.08. The molecule has 0 aromatic carbocycles. The molecule has 0 bridgehead atoms. The van der Waals surface area contributed by atoms with Crippen LogP contribution in [-0.4, -0.2) is 11.5 Å². The minimum absolute atomic E-state index is 0.0754. The number of hydrogen-bond acceptors (Lipinski definition) is 3. The van der Waals surface area contributed by atoms with Crippen molar-refractivity contribution >= 4 is 23.3 Å². The van der Waals surface area contributed by atoms with Crippen LogP contribution in [-0.2, 0) is 9.59 Å². The third-order valence-corrected chi connectivity index (χ3v) is 2.12. The standard InChI is InChI=1S/C8H13NO2S/c1-8(2,3)7(11)12-5-4-9-6-10/h4-6H,1-3H3,(H,9,10)/b5-4+. The molecular formula is C8H13NO2S. The molecule has 0 aliphatic heterocycles. The van der Waals surface area contributed by atoms with Gasteiger partial charge in [0.05, 0.1) is 0 Å². The second-order valence-corrected chi connectivity index (χ2v) is 4.12. The van der Waals surface area contributed by atoms with Crippen molar-refractivity contribution in [2.45, 2.75) is 20.8 Å². The lowest BCUT2D eigenvalue weighted by atomic mass is 10.00. The molecule has 0 aliphatic carbocycles. The van der Waals surface area contributed by atoms with E-state index < -0.39 is 0 Å².